The van der Waals surface area contributed by atoms with E-state index in [1.165, 1.54) is 4.70 Å². The lowest BCUT2D eigenvalue weighted by atomic mass is 10.2. The van der Waals surface area contributed by atoms with Crippen LogP contribution >= 0.6 is 11.3 Å². The van der Waals surface area contributed by atoms with Gasteiger partial charge in [-0.25, -0.2) is 4.98 Å². The first-order valence-electron chi connectivity index (χ1n) is 7.96. The molecule has 0 bridgehead atoms. The van der Waals surface area contributed by atoms with Gasteiger partial charge >= 0.3 is 0 Å². The summed E-state index contributed by atoms with van der Waals surface area (Å²) < 4.78 is 1.20. The Hall–Kier alpha value is -2.64. The molecule has 4 heteroatoms. The van der Waals surface area contributed by atoms with Gasteiger partial charge in [0.2, 0.25) is 5.91 Å². The Morgan fingerprint density at radius 1 is 1.08 bits per heavy atom. The molecule has 1 heterocycles. The first-order chi connectivity index (χ1) is 11.8. The second-order valence-electron chi connectivity index (χ2n) is 5.37. The number of hydrogen-bond acceptors (Lipinski definition) is 3. The van der Waals surface area contributed by atoms with Crippen LogP contribution < -0.4 is 5.32 Å². The van der Waals surface area contributed by atoms with Crippen LogP contribution in [0.2, 0.25) is 0 Å². The first kappa shape index (κ1) is 16.2. The molecular formula is C20H18N2OS. The maximum atomic E-state index is 11.8. The predicted molar refractivity (Wildman–Crippen MR) is 98.9 cm³/mol. The molecule has 2 aromatic carbocycles. The van der Waals surface area contributed by atoms with E-state index in [1.54, 1.807) is 11.3 Å². The Morgan fingerprint density at radius 2 is 1.88 bits per heavy atom. The summed E-state index contributed by atoms with van der Waals surface area (Å²) in [6.07, 6.45) is 2.14. The lowest BCUT2D eigenvalue weighted by Crippen LogP contribution is -2.23. The third-order valence-electron chi connectivity index (χ3n) is 3.51. The Morgan fingerprint density at radius 3 is 2.71 bits per heavy atom. The molecule has 0 aliphatic carbocycles. The molecule has 120 valence electrons. The summed E-state index contributed by atoms with van der Waals surface area (Å²) in [6, 6.07) is 17.9. The third kappa shape index (κ3) is 4.68. The zero-order chi connectivity index (χ0) is 16.6. The number of rotatable bonds is 5. The second-order valence-corrected chi connectivity index (χ2v) is 6.49. The van der Waals surface area contributed by atoms with E-state index in [-0.39, 0.29) is 5.91 Å². The topological polar surface area (TPSA) is 42.0 Å². The minimum atomic E-state index is 0.0403. The van der Waals surface area contributed by atoms with Crippen molar-refractivity contribution in [2.24, 2.45) is 0 Å². The van der Waals surface area contributed by atoms with Crippen molar-refractivity contribution in [2.45, 2.75) is 19.3 Å². The average Bonchev–Trinajstić information content (AvgIpc) is 3.02. The van der Waals surface area contributed by atoms with Gasteiger partial charge in [0.1, 0.15) is 0 Å². The van der Waals surface area contributed by atoms with Crippen LogP contribution in [0.3, 0.4) is 0 Å². The molecule has 0 aliphatic rings. The molecule has 1 N–H and O–H groups in total. The molecular weight excluding hydrogens is 316 g/mol. The van der Waals surface area contributed by atoms with Crippen molar-refractivity contribution in [3.63, 3.8) is 0 Å². The van der Waals surface area contributed by atoms with E-state index >= 15 is 0 Å². The lowest BCUT2D eigenvalue weighted by molar-refractivity contribution is -0.120. The van der Waals surface area contributed by atoms with Crippen LogP contribution in [0.5, 0.6) is 0 Å². The fraction of sp³-hybridized carbons (Fsp3) is 0.200. The second kappa shape index (κ2) is 8.28. The zero-order valence-corrected chi connectivity index (χ0v) is 14.1. The zero-order valence-electron chi connectivity index (χ0n) is 13.3. The number of aromatic nitrogens is 1. The number of hydrogen-bond donors (Lipinski definition) is 1. The van der Waals surface area contributed by atoms with E-state index in [1.807, 2.05) is 48.5 Å². The van der Waals surface area contributed by atoms with E-state index in [9.17, 15) is 4.79 Å². The fourth-order valence-electron chi connectivity index (χ4n) is 2.33. The number of carbonyl (C=O) groups is 1. The molecule has 0 spiro atoms. The number of benzene rings is 2. The van der Waals surface area contributed by atoms with Gasteiger partial charge in [-0.15, -0.1) is 11.3 Å². The summed E-state index contributed by atoms with van der Waals surface area (Å²) in [5.41, 5.74) is 2.00. The van der Waals surface area contributed by atoms with Crippen LogP contribution in [0.15, 0.2) is 54.6 Å². The highest BCUT2D eigenvalue weighted by molar-refractivity contribution is 7.18. The molecule has 0 saturated carbocycles. The van der Waals surface area contributed by atoms with Gasteiger partial charge in [-0.05, 0) is 37.1 Å². The van der Waals surface area contributed by atoms with Crippen LogP contribution in [0.1, 0.15) is 23.4 Å². The van der Waals surface area contributed by atoms with Gasteiger partial charge in [-0.1, -0.05) is 42.2 Å². The summed E-state index contributed by atoms with van der Waals surface area (Å²) in [6.45, 7) is 0.384. The van der Waals surface area contributed by atoms with Crippen LogP contribution in [0, 0.1) is 11.8 Å². The van der Waals surface area contributed by atoms with E-state index in [0.717, 1.165) is 28.9 Å². The molecule has 24 heavy (non-hydrogen) atoms. The molecule has 0 radical (unpaired) electrons. The van der Waals surface area contributed by atoms with Crippen molar-refractivity contribution in [3.8, 4) is 11.8 Å². The fourth-order valence-corrected chi connectivity index (χ4v) is 3.34. The van der Waals surface area contributed by atoms with Gasteiger partial charge in [0.15, 0.2) is 0 Å². The van der Waals surface area contributed by atoms with Gasteiger partial charge in [-0.3, -0.25) is 4.79 Å². The molecule has 0 aliphatic heterocycles. The SMILES string of the molecule is O=C(CCCc1nc2ccccc2s1)NCC#Cc1ccccc1. The van der Waals surface area contributed by atoms with E-state index in [4.69, 9.17) is 0 Å². The molecule has 3 rings (SSSR count). The van der Waals surface area contributed by atoms with E-state index in [2.05, 4.69) is 28.2 Å². The maximum absolute atomic E-state index is 11.8. The quantitative estimate of drug-likeness (QED) is 0.721. The molecule has 3 nitrogen and oxygen atoms in total. The minimum Gasteiger partial charge on any atom is -0.345 e. The molecule has 0 atom stereocenters. The highest BCUT2D eigenvalue weighted by Gasteiger charge is 2.05. The average molecular weight is 334 g/mol. The van der Waals surface area contributed by atoms with Crippen LogP contribution in [0.25, 0.3) is 10.2 Å². The smallest absolute Gasteiger partial charge is 0.220 e. The summed E-state index contributed by atoms with van der Waals surface area (Å²) in [4.78, 5) is 16.4. The van der Waals surface area contributed by atoms with E-state index in [0.29, 0.717) is 13.0 Å². The number of aryl methyl sites for hydroxylation is 1. The minimum absolute atomic E-state index is 0.0403. The van der Waals surface area contributed by atoms with Crippen molar-refractivity contribution < 1.29 is 4.79 Å². The Bertz CT molecular complexity index is 842. The van der Waals surface area contributed by atoms with Gasteiger partial charge in [-0.2, -0.15) is 0 Å². The molecule has 1 amide bonds. The largest absolute Gasteiger partial charge is 0.345 e. The number of amides is 1. The normalized spacial score (nSPS) is 10.2. The first-order valence-corrected chi connectivity index (χ1v) is 8.78. The van der Waals surface area contributed by atoms with Crippen molar-refractivity contribution in [1.82, 2.24) is 10.3 Å². The highest BCUT2D eigenvalue weighted by atomic mass is 32.1. The van der Waals surface area contributed by atoms with Crippen molar-refractivity contribution in [3.05, 3.63) is 65.2 Å². The van der Waals surface area contributed by atoms with Crippen molar-refractivity contribution in [1.29, 1.82) is 0 Å². The monoisotopic (exact) mass is 334 g/mol. The summed E-state index contributed by atoms with van der Waals surface area (Å²) in [7, 11) is 0. The molecule has 0 unspecified atom stereocenters. The molecule has 1 aromatic heterocycles. The number of para-hydroxylation sites is 1. The number of fused-ring (bicyclic) bond motifs is 1. The van der Waals surface area contributed by atoms with Gasteiger partial charge in [0.25, 0.3) is 0 Å². The molecule has 0 fully saturated rings. The summed E-state index contributed by atoms with van der Waals surface area (Å²) in [5.74, 6) is 6.03. The highest BCUT2D eigenvalue weighted by Crippen LogP contribution is 2.22. The van der Waals surface area contributed by atoms with E-state index < -0.39 is 0 Å². The predicted octanol–water partition coefficient (Wildman–Crippen LogP) is 3.79. The Kier molecular flexibility index (Phi) is 5.60. The maximum Gasteiger partial charge on any atom is 0.220 e. The number of nitrogens with zero attached hydrogens (tertiary/aromatic N) is 1. The van der Waals surface area contributed by atoms with Crippen molar-refractivity contribution >= 4 is 27.5 Å². The number of carbonyl (C=O) groups excluding carboxylic acids is 1. The standard InChI is InChI=1S/C20H18N2OS/c23-19(21-15-7-10-16-8-2-1-3-9-16)13-6-14-20-22-17-11-4-5-12-18(17)24-20/h1-5,8-9,11-12H,6,13-15H2,(H,21,23). The van der Waals surface area contributed by atoms with Gasteiger partial charge in [0, 0.05) is 12.0 Å². The Labute approximate surface area is 145 Å². The van der Waals surface area contributed by atoms with Crippen molar-refractivity contribution in [2.75, 3.05) is 6.54 Å². The van der Waals surface area contributed by atoms with Gasteiger partial charge < -0.3 is 5.32 Å². The number of nitrogens with one attached hydrogen (secondary N) is 1. The van der Waals surface area contributed by atoms with Crippen LogP contribution in [-0.2, 0) is 11.2 Å². The van der Waals surface area contributed by atoms with Crippen LogP contribution in [0.4, 0.5) is 0 Å². The molecule has 0 saturated heterocycles. The Balaban J connectivity index is 1.39. The lowest BCUT2D eigenvalue weighted by Gasteiger charge is -2.00. The van der Waals surface area contributed by atoms with Crippen LogP contribution in [-0.4, -0.2) is 17.4 Å². The van der Waals surface area contributed by atoms with Gasteiger partial charge in [0.05, 0.1) is 21.8 Å². The molecule has 3 aromatic rings. The summed E-state index contributed by atoms with van der Waals surface area (Å²) in [5, 5.41) is 3.93. The number of thiazole rings is 1. The summed E-state index contributed by atoms with van der Waals surface area (Å²) >= 11 is 1.70. The third-order valence-corrected chi connectivity index (χ3v) is 4.61.